The van der Waals surface area contributed by atoms with E-state index in [0.29, 0.717) is 17.0 Å². The van der Waals surface area contributed by atoms with Gasteiger partial charge in [0.25, 0.3) is 0 Å². The summed E-state index contributed by atoms with van der Waals surface area (Å²) in [6, 6.07) is 0. The molecule has 3 saturated carbocycles. The average molecular weight is 253 g/mol. The van der Waals surface area contributed by atoms with Crippen LogP contribution in [0.1, 0.15) is 19.3 Å². The number of nitrogens with two attached hydrogens (primary N) is 1. The van der Waals surface area contributed by atoms with Crippen molar-refractivity contribution in [3.8, 4) is 0 Å². The molecule has 4 rings (SSSR count). The first-order valence-corrected chi connectivity index (χ1v) is 7.00. The van der Waals surface area contributed by atoms with Crippen LogP contribution in [0.15, 0.2) is 0 Å². The number of hydrogen-bond donors (Lipinski definition) is 1. The van der Waals surface area contributed by atoms with Crippen LogP contribution in [0, 0.1) is 0 Å². The van der Waals surface area contributed by atoms with Crippen molar-refractivity contribution in [2.24, 2.45) is 5.73 Å². The first kappa shape index (κ1) is 11.6. The Morgan fingerprint density at radius 1 is 1.07 bits per heavy atom. The summed E-state index contributed by atoms with van der Waals surface area (Å²) in [6.45, 7) is 1.44. The summed E-state index contributed by atoms with van der Waals surface area (Å²) in [5.74, 6) is 0.679. The molecule has 1 saturated heterocycles. The van der Waals surface area contributed by atoms with Crippen molar-refractivity contribution >= 4 is 22.2 Å². The fraction of sp³-hybridized carbons (Fsp3) is 1.00. The van der Waals surface area contributed by atoms with Crippen LogP contribution in [-0.2, 0) is 9.84 Å². The molecule has 0 spiro atoms. The van der Waals surface area contributed by atoms with Crippen LogP contribution in [0.4, 0.5) is 0 Å². The summed E-state index contributed by atoms with van der Waals surface area (Å²) in [4.78, 5) is 2.35. The van der Waals surface area contributed by atoms with Crippen molar-refractivity contribution in [2.45, 2.75) is 30.3 Å². The Kier molecular flexibility index (Phi) is 2.40. The van der Waals surface area contributed by atoms with Gasteiger partial charge in [0.05, 0.1) is 11.5 Å². The van der Waals surface area contributed by atoms with Gasteiger partial charge in [-0.05, 0) is 19.3 Å². The first-order valence-electron chi connectivity index (χ1n) is 5.18. The average Bonchev–Trinajstić information content (AvgIpc) is 1.98. The molecule has 0 aromatic rings. The van der Waals surface area contributed by atoms with Crippen molar-refractivity contribution in [3.05, 3.63) is 0 Å². The van der Waals surface area contributed by atoms with Gasteiger partial charge in [-0.1, -0.05) is 0 Å². The highest BCUT2D eigenvalue weighted by Gasteiger charge is 2.68. The Morgan fingerprint density at radius 3 is 1.93 bits per heavy atom. The highest BCUT2D eigenvalue weighted by atomic mass is 35.5. The molecule has 0 atom stereocenters. The Labute approximate surface area is 96.5 Å². The summed E-state index contributed by atoms with van der Waals surface area (Å²) < 4.78 is 22.5. The summed E-state index contributed by atoms with van der Waals surface area (Å²) in [7, 11) is -2.73. The molecule has 4 aliphatic rings. The fourth-order valence-corrected chi connectivity index (χ4v) is 4.53. The molecule has 0 aromatic heterocycles. The predicted molar refractivity (Wildman–Crippen MR) is 61.0 cm³/mol. The smallest absolute Gasteiger partial charge is 0.152 e. The molecule has 6 heteroatoms. The standard InChI is InChI=1S/C9H16N2O2S.ClH/c10-8-5-9(6-8,7-8)11-1-3-14(12,13)4-2-11;/h1-7,10H2;1H. The van der Waals surface area contributed by atoms with E-state index in [1.54, 1.807) is 0 Å². The lowest BCUT2D eigenvalue weighted by Crippen LogP contribution is -2.83. The number of nitrogens with zero attached hydrogens (tertiary/aromatic N) is 1. The van der Waals surface area contributed by atoms with Gasteiger partial charge in [-0.25, -0.2) is 8.42 Å². The molecule has 2 N–H and O–H groups in total. The van der Waals surface area contributed by atoms with Crippen LogP contribution in [-0.4, -0.2) is 49.0 Å². The van der Waals surface area contributed by atoms with Gasteiger partial charge in [-0.15, -0.1) is 12.4 Å². The molecule has 15 heavy (non-hydrogen) atoms. The van der Waals surface area contributed by atoms with Crippen molar-refractivity contribution in [1.82, 2.24) is 4.90 Å². The van der Waals surface area contributed by atoms with Crippen LogP contribution in [0.25, 0.3) is 0 Å². The van der Waals surface area contributed by atoms with Gasteiger partial charge in [0.1, 0.15) is 0 Å². The van der Waals surface area contributed by atoms with E-state index in [9.17, 15) is 8.42 Å². The first-order chi connectivity index (χ1) is 6.43. The molecule has 0 radical (unpaired) electrons. The molecular weight excluding hydrogens is 236 g/mol. The third-order valence-electron chi connectivity index (χ3n) is 4.06. The van der Waals surface area contributed by atoms with Crippen LogP contribution in [0.3, 0.4) is 0 Å². The molecule has 4 nitrogen and oxygen atoms in total. The van der Waals surface area contributed by atoms with Crippen molar-refractivity contribution in [1.29, 1.82) is 0 Å². The van der Waals surface area contributed by atoms with Crippen molar-refractivity contribution < 1.29 is 8.42 Å². The van der Waals surface area contributed by atoms with Gasteiger partial charge in [-0.3, -0.25) is 4.90 Å². The molecule has 4 fully saturated rings. The molecule has 88 valence electrons. The highest BCUT2D eigenvalue weighted by molar-refractivity contribution is 7.91. The Hall–Kier alpha value is 0.160. The van der Waals surface area contributed by atoms with Gasteiger partial charge in [0.15, 0.2) is 9.84 Å². The van der Waals surface area contributed by atoms with E-state index in [4.69, 9.17) is 5.73 Å². The second-order valence-electron chi connectivity index (χ2n) is 5.26. The van der Waals surface area contributed by atoms with E-state index in [1.807, 2.05) is 0 Å². The van der Waals surface area contributed by atoms with Crippen LogP contribution in [0.5, 0.6) is 0 Å². The zero-order chi connectivity index (χ0) is 10.0. The Bertz CT molecular complexity index is 348. The summed E-state index contributed by atoms with van der Waals surface area (Å²) in [5, 5.41) is 0. The van der Waals surface area contributed by atoms with Crippen LogP contribution < -0.4 is 5.73 Å². The maximum atomic E-state index is 11.3. The second-order valence-corrected chi connectivity index (χ2v) is 7.56. The Morgan fingerprint density at radius 2 is 1.53 bits per heavy atom. The molecule has 2 bridgehead atoms. The molecule has 3 aliphatic carbocycles. The molecule has 1 heterocycles. The summed E-state index contributed by atoms with van der Waals surface area (Å²) >= 11 is 0. The van der Waals surface area contributed by atoms with Gasteiger partial charge in [0, 0.05) is 24.2 Å². The van der Waals surface area contributed by atoms with Crippen molar-refractivity contribution in [3.63, 3.8) is 0 Å². The topological polar surface area (TPSA) is 63.4 Å². The van der Waals surface area contributed by atoms with E-state index >= 15 is 0 Å². The quantitative estimate of drug-likeness (QED) is 0.701. The van der Waals surface area contributed by atoms with E-state index in [0.717, 1.165) is 32.4 Å². The lowest BCUT2D eigenvalue weighted by Gasteiger charge is -2.73. The third-order valence-corrected chi connectivity index (χ3v) is 5.67. The number of hydrogen-bond acceptors (Lipinski definition) is 4. The lowest BCUT2D eigenvalue weighted by atomic mass is 9.44. The number of rotatable bonds is 1. The van der Waals surface area contributed by atoms with Gasteiger partial charge in [0.2, 0.25) is 0 Å². The van der Waals surface area contributed by atoms with Crippen molar-refractivity contribution in [2.75, 3.05) is 24.6 Å². The number of sulfone groups is 1. The van der Waals surface area contributed by atoms with Crippen LogP contribution >= 0.6 is 12.4 Å². The van der Waals surface area contributed by atoms with E-state index < -0.39 is 9.84 Å². The van der Waals surface area contributed by atoms with Gasteiger partial charge >= 0.3 is 0 Å². The minimum Gasteiger partial charge on any atom is -0.325 e. The largest absolute Gasteiger partial charge is 0.325 e. The molecular formula is C9H17ClN2O2S. The molecule has 0 amide bonds. The summed E-state index contributed by atoms with van der Waals surface area (Å²) in [6.07, 6.45) is 3.25. The minimum absolute atomic E-state index is 0. The lowest BCUT2D eigenvalue weighted by molar-refractivity contribution is -0.159. The SMILES string of the molecule is Cl.NC12CC(N3CCS(=O)(=O)CC3)(C1)C2. The predicted octanol–water partition coefficient (Wildman–Crippen LogP) is -0.228. The molecule has 0 aromatic carbocycles. The number of halogens is 1. The van der Waals surface area contributed by atoms with E-state index in [-0.39, 0.29) is 17.9 Å². The fourth-order valence-electron chi connectivity index (χ4n) is 3.33. The monoisotopic (exact) mass is 252 g/mol. The Balaban J connectivity index is 0.000000853. The van der Waals surface area contributed by atoms with E-state index in [2.05, 4.69) is 4.90 Å². The highest BCUT2D eigenvalue weighted by Crippen LogP contribution is 2.62. The third kappa shape index (κ3) is 1.60. The maximum Gasteiger partial charge on any atom is 0.152 e. The van der Waals surface area contributed by atoms with E-state index in [1.165, 1.54) is 0 Å². The van der Waals surface area contributed by atoms with Gasteiger partial charge < -0.3 is 5.73 Å². The maximum absolute atomic E-state index is 11.3. The van der Waals surface area contributed by atoms with Crippen LogP contribution in [0.2, 0.25) is 0 Å². The normalized spacial score (nSPS) is 47.3. The molecule has 0 unspecified atom stereocenters. The second kappa shape index (κ2) is 3.09. The zero-order valence-corrected chi connectivity index (χ0v) is 10.2. The minimum atomic E-state index is -2.73. The van der Waals surface area contributed by atoms with Gasteiger partial charge in [-0.2, -0.15) is 0 Å². The zero-order valence-electron chi connectivity index (χ0n) is 8.61. The summed E-state index contributed by atoms with van der Waals surface area (Å²) in [5.41, 5.74) is 6.42. The molecule has 1 aliphatic heterocycles.